The van der Waals surface area contributed by atoms with E-state index in [-0.39, 0.29) is 6.23 Å². The summed E-state index contributed by atoms with van der Waals surface area (Å²) in [5.74, 6) is 0. The third-order valence-corrected chi connectivity index (χ3v) is 0.901. The molecule has 0 aromatic heterocycles. The topological polar surface area (TPSA) is 44.3 Å². The van der Waals surface area contributed by atoms with Gasteiger partial charge in [-0.1, -0.05) is 6.92 Å². The van der Waals surface area contributed by atoms with Crippen LogP contribution in [0.2, 0.25) is 0 Å². The smallest absolute Gasteiger partial charge is 0.105 e. The van der Waals surface area contributed by atoms with Gasteiger partial charge in [0.25, 0.3) is 0 Å². The lowest BCUT2D eigenvalue weighted by Gasteiger charge is -2.07. The van der Waals surface area contributed by atoms with E-state index >= 15 is 0 Å². The van der Waals surface area contributed by atoms with Crippen LogP contribution in [0.1, 0.15) is 13.3 Å². The van der Waals surface area contributed by atoms with Crippen LogP contribution in [0.3, 0.4) is 0 Å². The molecule has 0 aliphatic carbocycles. The van der Waals surface area contributed by atoms with Gasteiger partial charge in [0.15, 0.2) is 0 Å². The van der Waals surface area contributed by atoms with Crippen molar-refractivity contribution in [2.75, 3.05) is 13.7 Å². The van der Waals surface area contributed by atoms with Gasteiger partial charge in [0.05, 0.1) is 0 Å². The predicted molar refractivity (Wildman–Crippen MR) is 33.4 cm³/mol. The van der Waals surface area contributed by atoms with Crippen molar-refractivity contribution in [1.29, 1.82) is 0 Å². The van der Waals surface area contributed by atoms with Crippen LogP contribution in [0.4, 0.5) is 0 Å². The van der Waals surface area contributed by atoms with Crippen LogP contribution in [-0.2, 0) is 0 Å². The lowest BCUT2D eigenvalue weighted by molar-refractivity contribution is 0.131. The standard InChI is InChI=1S/C5H14N2O/c1-3-5(8)7-4-6-2/h5-8H,3-4H2,1-2H3. The summed E-state index contributed by atoms with van der Waals surface area (Å²) in [7, 11) is 1.83. The Morgan fingerprint density at radius 3 is 2.62 bits per heavy atom. The van der Waals surface area contributed by atoms with E-state index in [0.29, 0.717) is 6.67 Å². The van der Waals surface area contributed by atoms with Gasteiger partial charge < -0.3 is 10.4 Å². The van der Waals surface area contributed by atoms with E-state index in [9.17, 15) is 0 Å². The Morgan fingerprint density at radius 2 is 2.25 bits per heavy atom. The van der Waals surface area contributed by atoms with Crippen LogP contribution in [0.5, 0.6) is 0 Å². The van der Waals surface area contributed by atoms with Gasteiger partial charge in [-0.25, -0.2) is 0 Å². The zero-order chi connectivity index (χ0) is 6.41. The first-order valence-corrected chi connectivity index (χ1v) is 2.87. The lowest BCUT2D eigenvalue weighted by atomic mass is 10.4. The molecular weight excluding hydrogens is 104 g/mol. The molecule has 3 heteroatoms. The maximum Gasteiger partial charge on any atom is 0.105 e. The van der Waals surface area contributed by atoms with E-state index in [1.807, 2.05) is 14.0 Å². The molecule has 0 aromatic rings. The summed E-state index contributed by atoms with van der Waals surface area (Å²) in [6.45, 7) is 2.59. The molecule has 0 aliphatic rings. The SMILES string of the molecule is CCC(O)NCNC. The Kier molecular flexibility index (Phi) is 4.95. The molecule has 0 saturated heterocycles. The summed E-state index contributed by atoms with van der Waals surface area (Å²) >= 11 is 0. The Hall–Kier alpha value is -0.120. The van der Waals surface area contributed by atoms with Gasteiger partial charge >= 0.3 is 0 Å². The molecule has 0 aliphatic heterocycles. The van der Waals surface area contributed by atoms with Crippen LogP contribution >= 0.6 is 0 Å². The third kappa shape index (κ3) is 4.05. The highest BCUT2D eigenvalue weighted by Crippen LogP contribution is 1.79. The fourth-order valence-corrected chi connectivity index (χ4v) is 0.364. The van der Waals surface area contributed by atoms with Gasteiger partial charge in [-0.3, -0.25) is 5.32 Å². The maximum absolute atomic E-state index is 8.84. The van der Waals surface area contributed by atoms with Crippen LogP contribution in [0.25, 0.3) is 0 Å². The van der Waals surface area contributed by atoms with E-state index < -0.39 is 0 Å². The number of aliphatic hydroxyl groups is 1. The molecule has 0 bridgehead atoms. The van der Waals surface area contributed by atoms with Gasteiger partial charge in [0, 0.05) is 6.67 Å². The molecule has 0 radical (unpaired) electrons. The van der Waals surface area contributed by atoms with Gasteiger partial charge in [-0.05, 0) is 13.5 Å². The average Bonchev–Trinajstić information content (AvgIpc) is 1.83. The van der Waals surface area contributed by atoms with E-state index in [4.69, 9.17) is 5.11 Å². The van der Waals surface area contributed by atoms with Crippen molar-refractivity contribution in [1.82, 2.24) is 10.6 Å². The average molecular weight is 118 g/mol. The van der Waals surface area contributed by atoms with Gasteiger partial charge in [-0.15, -0.1) is 0 Å². The number of nitrogens with one attached hydrogen (secondary N) is 2. The quantitative estimate of drug-likeness (QED) is 0.435. The van der Waals surface area contributed by atoms with Crippen molar-refractivity contribution in [3.05, 3.63) is 0 Å². The zero-order valence-corrected chi connectivity index (χ0v) is 5.44. The normalized spacial score (nSPS) is 13.9. The molecule has 0 rings (SSSR count). The molecule has 0 aromatic carbocycles. The second-order valence-corrected chi connectivity index (χ2v) is 1.66. The molecular formula is C5H14N2O. The Balaban J connectivity index is 2.86. The zero-order valence-electron chi connectivity index (χ0n) is 5.44. The number of hydrogen-bond donors (Lipinski definition) is 3. The van der Waals surface area contributed by atoms with E-state index in [1.165, 1.54) is 0 Å². The largest absolute Gasteiger partial charge is 0.379 e. The first kappa shape index (κ1) is 7.88. The van der Waals surface area contributed by atoms with Gasteiger partial charge in [0.2, 0.25) is 0 Å². The second-order valence-electron chi connectivity index (χ2n) is 1.66. The lowest BCUT2D eigenvalue weighted by Crippen LogP contribution is -2.34. The molecule has 0 amide bonds. The summed E-state index contributed by atoms with van der Waals surface area (Å²) < 4.78 is 0. The van der Waals surface area contributed by atoms with Crippen LogP contribution in [0.15, 0.2) is 0 Å². The van der Waals surface area contributed by atoms with Crippen LogP contribution in [-0.4, -0.2) is 25.1 Å². The molecule has 0 heterocycles. The van der Waals surface area contributed by atoms with Crippen molar-refractivity contribution in [2.45, 2.75) is 19.6 Å². The number of hydrogen-bond acceptors (Lipinski definition) is 3. The Bertz CT molecular complexity index is 49.7. The molecule has 0 fully saturated rings. The highest BCUT2D eigenvalue weighted by molar-refractivity contribution is 4.45. The molecule has 8 heavy (non-hydrogen) atoms. The molecule has 1 unspecified atom stereocenters. The molecule has 0 spiro atoms. The van der Waals surface area contributed by atoms with Crippen molar-refractivity contribution < 1.29 is 5.11 Å². The minimum absolute atomic E-state index is 0.359. The minimum Gasteiger partial charge on any atom is -0.379 e. The fraction of sp³-hybridized carbons (Fsp3) is 1.00. The molecule has 0 saturated carbocycles. The summed E-state index contributed by atoms with van der Waals surface area (Å²) in [6.07, 6.45) is 0.393. The Labute approximate surface area is 50.1 Å². The van der Waals surface area contributed by atoms with Crippen molar-refractivity contribution in [3.8, 4) is 0 Å². The first-order valence-electron chi connectivity index (χ1n) is 2.87. The monoisotopic (exact) mass is 118 g/mol. The van der Waals surface area contributed by atoms with Gasteiger partial charge in [-0.2, -0.15) is 0 Å². The molecule has 50 valence electrons. The van der Waals surface area contributed by atoms with E-state index in [1.54, 1.807) is 0 Å². The second kappa shape index (κ2) is 5.03. The van der Waals surface area contributed by atoms with E-state index in [0.717, 1.165) is 6.42 Å². The summed E-state index contributed by atoms with van der Waals surface area (Å²) in [4.78, 5) is 0. The fourth-order valence-electron chi connectivity index (χ4n) is 0.364. The van der Waals surface area contributed by atoms with Crippen molar-refractivity contribution in [2.24, 2.45) is 0 Å². The number of aliphatic hydroxyl groups excluding tert-OH is 1. The summed E-state index contributed by atoms with van der Waals surface area (Å²) in [5, 5.41) is 14.5. The first-order chi connectivity index (χ1) is 3.81. The predicted octanol–water partition coefficient (Wildman–Crippen LogP) is -0.519. The Morgan fingerprint density at radius 1 is 1.62 bits per heavy atom. The summed E-state index contributed by atoms with van der Waals surface area (Å²) in [6, 6.07) is 0. The van der Waals surface area contributed by atoms with Crippen LogP contribution in [0, 0.1) is 0 Å². The van der Waals surface area contributed by atoms with Gasteiger partial charge in [0.1, 0.15) is 6.23 Å². The molecule has 3 nitrogen and oxygen atoms in total. The number of rotatable bonds is 4. The molecule has 3 N–H and O–H groups in total. The van der Waals surface area contributed by atoms with Crippen molar-refractivity contribution >= 4 is 0 Å². The third-order valence-electron chi connectivity index (χ3n) is 0.901. The summed E-state index contributed by atoms with van der Waals surface area (Å²) in [5.41, 5.74) is 0. The van der Waals surface area contributed by atoms with Crippen molar-refractivity contribution in [3.63, 3.8) is 0 Å². The molecule has 1 atom stereocenters. The highest BCUT2D eigenvalue weighted by Gasteiger charge is 1.93. The van der Waals surface area contributed by atoms with Crippen LogP contribution < -0.4 is 10.6 Å². The van der Waals surface area contributed by atoms with E-state index in [2.05, 4.69) is 10.6 Å². The highest BCUT2D eigenvalue weighted by atomic mass is 16.3. The maximum atomic E-state index is 8.84. The minimum atomic E-state index is -0.359.